The number of rotatable bonds is 5. The Kier molecular flexibility index (Phi) is 7.49. The van der Waals surface area contributed by atoms with Crippen LogP contribution in [0.15, 0.2) is 42.5 Å². The van der Waals surface area contributed by atoms with E-state index < -0.39 is 15.7 Å². The summed E-state index contributed by atoms with van der Waals surface area (Å²) in [6.07, 6.45) is 2.49. The van der Waals surface area contributed by atoms with E-state index in [-0.39, 0.29) is 5.82 Å². The van der Waals surface area contributed by atoms with Gasteiger partial charge in [-0.15, -0.1) is 0 Å². The van der Waals surface area contributed by atoms with Gasteiger partial charge < -0.3 is 9.64 Å². The zero-order valence-electron chi connectivity index (χ0n) is 16.7. The van der Waals surface area contributed by atoms with E-state index in [0.717, 1.165) is 36.1 Å². The van der Waals surface area contributed by atoms with Gasteiger partial charge >= 0.3 is 0 Å². The van der Waals surface area contributed by atoms with Crippen molar-refractivity contribution < 1.29 is 22.1 Å². The first-order valence-corrected chi connectivity index (χ1v) is 10.9. The van der Waals surface area contributed by atoms with Crippen LogP contribution < -0.4 is 0 Å². The number of nitrogens with zero attached hydrogens (tertiary/aromatic N) is 2. The van der Waals surface area contributed by atoms with Crippen LogP contribution in [0.25, 0.3) is 0 Å². The topological polar surface area (TPSA) is 90.6 Å². The quantitative estimate of drug-likeness (QED) is 0.747. The molecule has 0 radical (unpaired) electrons. The largest absolute Gasteiger partial charge is 0.361 e. The first kappa shape index (κ1) is 23.0. The number of fused-ring (bicyclic) bond motifs is 1. The Morgan fingerprint density at radius 1 is 1.24 bits per heavy atom. The molecular formula is C21H25FN2O4S. The summed E-state index contributed by atoms with van der Waals surface area (Å²) in [6, 6.07) is 14.5. The third-order valence-electron chi connectivity index (χ3n) is 4.59. The standard InChI is InChI=1S/C20H21FN2O.CH4O3S/c1-23(2)11-3-10-20(17-5-7-18(21)8-6-17)19-9-4-15(13-22)12-16(19)14-24-20;1-5(2,3)4/h4-9,12H,3,10-11,14H2,1-2H3;1H3,(H,2,3,4)/t20-;/m0./s1. The van der Waals surface area contributed by atoms with Gasteiger partial charge in [0.1, 0.15) is 11.4 Å². The molecule has 0 aliphatic carbocycles. The lowest BCUT2D eigenvalue weighted by Gasteiger charge is -2.31. The number of halogens is 1. The molecule has 3 rings (SSSR count). The second-order valence-electron chi connectivity index (χ2n) is 7.25. The zero-order valence-corrected chi connectivity index (χ0v) is 17.5. The molecule has 29 heavy (non-hydrogen) atoms. The maximum Gasteiger partial charge on any atom is 0.261 e. The van der Waals surface area contributed by atoms with Gasteiger partial charge in [-0.25, -0.2) is 4.39 Å². The number of hydrogen-bond donors (Lipinski definition) is 1. The third kappa shape index (κ3) is 6.34. The van der Waals surface area contributed by atoms with Crippen molar-refractivity contribution in [1.29, 1.82) is 5.26 Å². The molecule has 0 amide bonds. The maximum absolute atomic E-state index is 13.4. The summed E-state index contributed by atoms with van der Waals surface area (Å²) in [5.41, 5.74) is 3.18. The monoisotopic (exact) mass is 420 g/mol. The van der Waals surface area contributed by atoms with Gasteiger partial charge in [0.05, 0.1) is 24.5 Å². The first-order chi connectivity index (χ1) is 13.5. The van der Waals surface area contributed by atoms with Crippen molar-refractivity contribution in [3.63, 3.8) is 0 Å². The maximum atomic E-state index is 13.4. The summed E-state index contributed by atoms with van der Waals surface area (Å²) in [5.74, 6) is -0.250. The molecule has 0 unspecified atom stereocenters. The van der Waals surface area contributed by atoms with Gasteiger partial charge in [0.25, 0.3) is 10.1 Å². The fraction of sp³-hybridized carbons (Fsp3) is 0.381. The normalized spacial score (nSPS) is 18.0. The third-order valence-corrected chi connectivity index (χ3v) is 4.59. The lowest BCUT2D eigenvalue weighted by Crippen LogP contribution is -2.28. The van der Waals surface area contributed by atoms with E-state index in [1.54, 1.807) is 12.1 Å². The van der Waals surface area contributed by atoms with Crippen LogP contribution in [0.2, 0.25) is 0 Å². The van der Waals surface area contributed by atoms with E-state index >= 15 is 0 Å². The predicted octanol–water partition coefficient (Wildman–Crippen LogP) is 3.32. The molecule has 1 heterocycles. The van der Waals surface area contributed by atoms with Crippen molar-refractivity contribution in [1.82, 2.24) is 4.90 Å². The van der Waals surface area contributed by atoms with E-state index in [1.807, 2.05) is 32.3 Å². The fourth-order valence-corrected chi connectivity index (χ4v) is 3.41. The molecule has 0 fully saturated rings. The molecule has 2 aromatic rings. The molecule has 0 aromatic heterocycles. The summed E-state index contributed by atoms with van der Waals surface area (Å²) in [4.78, 5) is 2.15. The molecule has 8 heteroatoms. The Morgan fingerprint density at radius 3 is 2.41 bits per heavy atom. The van der Waals surface area contributed by atoms with E-state index in [9.17, 15) is 12.8 Å². The summed E-state index contributed by atoms with van der Waals surface area (Å²) in [5, 5.41) is 9.11. The summed E-state index contributed by atoms with van der Waals surface area (Å²) in [6.45, 7) is 1.43. The van der Waals surface area contributed by atoms with Crippen LogP contribution in [0.1, 0.15) is 35.1 Å². The van der Waals surface area contributed by atoms with E-state index in [2.05, 4.69) is 11.0 Å². The van der Waals surface area contributed by atoms with Crippen molar-refractivity contribution >= 4 is 10.1 Å². The molecular weight excluding hydrogens is 395 g/mol. The molecule has 0 spiro atoms. The smallest absolute Gasteiger partial charge is 0.261 e. The minimum atomic E-state index is -3.67. The van der Waals surface area contributed by atoms with Gasteiger partial charge in [-0.1, -0.05) is 18.2 Å². The van der Waals surface area contributed by atoms with Crippen molar-refractivity contribution in [2.75, 3.05) is 26.9 Å². The van der Waals surface area contributed by atoms with E-state index in [4.69, 9.17) is 14.6 Å². The molecule has 1 aliphatic rings. The summed E-state index contributed by atoms with van der Waals surface area (Å²) in [7, 11) is 0.431. The molecule has 1 atom stereocenters. The average Bonchev–Trinajstić information content (AvgIpc) is 2.99. The van der Waals surface area contributed by atoms with Crippen molar-refractivity contribution in [2.24, 2.45) is 0 Å². The van der Waals surface area contributed by atoms with Crippen molar-refractivity contribution in [3.8, 4) is 6.07 Å². The molecule has 0 bridgehead atoms. The molecule has 156 valence electrons. The van der Waals surface area contributed by atoms with Gasteiger partial charge in [-0.3, -0.25) is 4.55 Å². The molecule has 2 aromatic carbocycles. The van der Waals surface area contributed by atoms with E-state index in [1.165, 1.54) is 12.1 Å². The van der Waals surface area contributed by atoms with Crippen LogP contribution in [0, 0.1) is 17.1 Å². The Bertz CT molecular complexity index is 977. The van der Waals surface area contributed by atoms with Gasteiger partial charge in [0.2, 0.25) is 0 Å². The van der Waals surface area contributed by atoms with Crippen molar-refractivity contribution in [2.45, 2.75) is 25.0 Å². The zero-order chi connectivity index (χ0) is 21.7. The molecule has 6 nitrogen and oxygen atoms in total. The number of benzene rings is 2. The second kappa shape index (κ2) is 9.46. The highest BCUT2D eigenvalue weighted by Crippen LogP contribution is 2.45. The Hall–Kier alpha value is -2.31. The van der Waals surface area contributed by atoms with E-state index in [0.29, 0.717) is 18.4 Å². The number of ether oxygens (including phenoxy) is 1. The van der Waals surface area contributed by atoms with Gasteiger partial charge in [-0.2, -0.15) is 13.7 Å². The highest BCUT2D eigenvalue weighted by atomic mass is 32.2. The molecule has 0 saturated heterocycles. The lowest BCUT2D eigenvalue weighted by atomic mass is 9.81. The Labute approximate surface area is 171 Å². The SMILES string of the molecule is CN(C)CCC[C@@]1(c2ccc(F)cc2)OCc2cc(C#N)ccc21.CS(=O)(=O)O. The Balaban J connectivity index is 0.000000537. The highest BCUT2D eigenvalue weighted by Gasteiger charge is 2.41. The van der Waals surface area contributed by atoms with Crippen LogP contribution in [-0.2, 0) is 27.1 Å². The van der Waals surface area contributed by atoms with Gasteiger partial charge in [0.15, 0.2) is 0 Å². The average molecular weight is 421 g/mol. The van der Waals surface area contributed by atoms with Crippen molar-refractivity contribution in [3.05, 3.63) is 70.5 Å². The fourth-order valence-electron chi connectivity index (χ4n) is 3.41. The second-order valence-corrected chi connectivity index (χ2v) is 8.71. The minimum absolute atomic E-state index is 0.250. The highest BCUT2D eigenvalue weighted by molar-refractivity contribution is 7.85. The Morgan fingerprint density at radius 2 is 1.86 bits per heavy atom. The lowest BCUT2D eigenvalue weighted by molar-refractivity contribution is -0.0140. The first-order valence-electron chi connectivity index (χ1n) is 9.06. The van der Waals surface area contributed by atoms with Crippen LogP contribution in [0.4, 0.5) is 4.39 Å². The van der Waals surface area contributed by atoms with Crippen LogP contribution in [0.5, 0.6) is 0 Å². The number of nitriles is 1. The van der Waals surface area contributed by atoms with Crippen LogP contribution >= 0.6 is 0 Å². The molecule has 1 N–H and O–H groups in total. The van der Waals surface area contributed by atoms with Gasteiger partial charge in [0, 0.05) is 0 Å². The minimum Gasteiger partial charge on any atom is -0.361 e. The van der Waals surface area contributed by atoms with Crippen LogP contribution in [0.3, 0.4) is 0 Å². The molecule has 0 saturated carbocycles. The summed E-state index contributed by atoms with van der Waals surface area (Å²) >= 11 is 0. The predicted molar refractivity (Wildman–Crippen MR) is 108 cm³/mol. The van der Waals surface area contributed by atoms with Crippen LogP contribution in [-0.4, -0.2) is 44.8 Å². The van der Waals surface area contributed by atoms with Gasteiger partial charge in [-0.05, 0) is 74.4 Å². The number of hydrogen-bond acceptors (Lipinski definition) is 5. The summed E-state index contributed by atoms with van der Waals surface area (Å²) < 4.78 is 45.5. The molecule has 1 aliphatic heterocycles.